The molecule has 0 saturated heterocycles. The van der Waals surface area contributed by atoms with Crippen molar-refractivity contribution in [1.82, 2.24) is 5.32 Å². The number of ether oxygens (including phenoxy) is 1. The van der Waals surface area contributed by atoms with Gasteiger partial charge in [-0.25, -0.2) is 0 Å². The molecule has 5 heteroatoms. The highest BCUT2D eigenvalue weighted by Crippen LogP contribution is 2.35. The van der Waals surface area contributed by atoms with Gasteiger partial charge < -0.3 is 10.1 Å². The third-order valence-corrected chi connectivity index (χ3v) is 3.46. The summed E-state index contributed by atoms with van der Waals surface area (Å²) in [6.45, 7) is 6.18. The van der Waals surface area contributed by atoms with E-state index in [2.05, 4.69) is 25.2 Å². The van der Waals surface area contributed by atoms with Gasteiger partial charge in [-0.1, -0.05) is 11.6 Å². The van der Waals surface area contributed by atoms with Crippen molar-refractivity contribution in [2.45, 2.75) is 26.3 Å². The van der Waals surface area contributed by atoms with Crippen molar-refractivity contribution in [3.05, 3.63) is 35.0 Å². The normalized spacial score (nSPS) is 17.8. The largest absolute Gasteiger partial charge is 0.495 e. The van der Waals surface area contributed by atoms with Crippen molar-refractivity contribution in [2.75, 3.05) is 12.0 Å². The number of nitrogens with zero attached hydrogens (tertiary/aromatic N) is 1. The van der Waals surface area contributed by atoms with Crippen LogP contribution in [0.5, 0.6) is 5.75 Å². The maximum atomic E-state index is 6.08. The minimum Gasteiger partial charge on any atom is -0.495 e. The van der Waals surface area contributed by atoms with Crippen LogP contribution in [0.4, 0.5) is 5.69 Å². The van der Waals surface area contributed by atoms with Crippen LogP contribution in [0.1, 0.15) is 20.8 Å². The summed E-state index contributed by atoms with van der Waals surface area (Å²) in [5, 5.41) is 4.58. The standard InChI is InChI=1S/C14H17ClN2OS/c1-9-8-14(2,3)16-13(19)17(9)11-7-10(15)5-6-12(11)18-4/h5-8H,1-4H3,(H,16,19). The lowest BCUT2D eigenvalue weighted by molar-refractivity contribution is 0.415. The maximum absolute atomic E-state index is 6.08. The third kappa shape index (κ3) is 2.85. The van der Waals surface area contributed by atoms with Crippen LogP contribution in [-0.4, -0.2) is 17.8 Å². The molecule has 0 amide bonds. The quantitative estimate of drug-likeness (QED) is 0.841. The summed E-state index contributed by atoms with van der Waals surface area (Å²) in [7, 11) is 1.64. The zero-order valence-corrected chi connectivity index (χ0v) is 13.0. The molecule has 1 aromatic carbocycles. The number of methoxy groups -OCH3 is 1. The molecular weight excluding hydrogens is 280 g/mol. The number of anilines is 1. The molecule has 0 aliphatic carbocycles. The Morgan fingerprint density at radius 2 is 2.05 bits per heavy atom. The van der Waals surface area contributed by atoms with Crippen LogP contribution in [0.15, 0.2) is 30.0 Å². The van der Waals surface area contributed by atoms with Gasteiger partial charge in [0.15, 0.2) is 5.11 Å². The summed E-state index contributed by atoms with van der Waals surface area (Å²) in [6, 6.07) is 5.49. The zero-order chi connectivity index (χ0) is 14.2. The van der Waals surface area contributed by atoms with Crippen molar-refractivity contribution in [3.8, 4) is 5.75 Å². The van der Waals surface area contributed by atoms with E-state index in [-0.39, 0.29) is 5.54 Å². The topological polar surface area (TPSA) is 24.5 Å². The second-order valence-electron chi connectivity index (χ2n) is 5.09. The monoisotopic (exact) mass is 296 g/mol. The number of hydrogen-bond acceptors (Lipinski definition) is 2. The molecule has 0 saturated carbocycles. The van der Waals surface area contributed by atoms with Gasteiger partial charge in [0.1, 0.15) is 5.75 Å². The zero-order valence-electron chi connectivity index (χ0n) is 11.5. The van der Waals surface area contributed by atoms with Crippen LogP contribution in [0.25, 0.3) is 0 Å². The van der Waals surface area contributed by atoms with E-state index >= 15 is 0 Å². The van der Waals surface area contributed by atoms with Crippen molar-refractivity contribution >= 4 is 34.6 Å². The Morgan fingerprint density at radius 3 is 2.63 bits per heavy atom. The Bertz CT molecular complexity index is 554. The Labute approximate surface area is 124 Å². The Morgan fingerprint density at radius 1 is 1.37 bits per heavy atom. The number of rotatable bonds is 2. The predicted octanol–water partition coefficient (Wildman–Crippen LogP) is 3.73. The molecule has 0 spiro atoms. The van der Waals surface area contributed by atoms with E-state index in [0.717, 1.165) is 17.1 Å². The van der Waals surface area contributed by atoms with Gasteiger partial charge in [-0.15, -0.1) is 0 Å². The highest BCUT2D eigenvalue weighted by molar-refractivity contribution is 7.80. The molecule has 1 N–H and O–H groups in total. The van der Waals surface area contributed by atoms with E-state index < -0.39 is 0 Å². The maximum Gasteiger partial charge on any atom is 0.178 e. The molecule has 2 rings (SSSR count). The Kier molecular flexibility index (Phi) is 3.74. The molecule has 0 radical (unpaired) electrons. The van der Waals surface area contributed by atoms with E-state index in [0.29, 0.717) is 10.1 Å². The summed E-state index contributed by atoms with van der Waals surface area (Å²) in [5.74, 6) is 0.737. The van der Waals surface area contributed by atoms with E-state index in [4.69, 9.17) is 28.6 Å². The van der Waals surface area contributed by atoms with Gasteiger partial charge in [0.2, 0.25) is 0 Å². The smallest absolute Gasteiger partial charge is 0.178 e. The average molecular weight is 297 g/mol. The SMILES string of the molecule is COc1ccc(Cl)cc1N1C(=S)NC(C)(C)C=C1C. The van der Waals surface area contributed by atoms with Crippen LogP contribution in [0, 0.1) is 0 Å². The van der Waals surface area contributed by atoms with Crippen LogP contribution >= 0.6 is 23.8 Å². The third-order valence-electron chi connectivity index (χ3n) is 2.94. The molecular formula is C14H17ClN2OS. The molecule has 3 nitrogen and oxygen atoms in total. The fourth-order valence-corrected chi connectivity index (χ4v) is 2.92. The molecule has 0 aromatic heterocycles. The summed E-state index contributed by atoms with van der Waals surface area (Å²) in [6.07, 6.45) is 2.13. The first-order valence-corrected chi connectivity index (χ1v) is 6.78. The average Bonchev–Trinajstić information content (AvgIpc) is 2.26. The highest BCUT2D eigenvalue weighted by atomic mass is 35.5. The summed E-state index contributed by atoms with van der Waals surface area (Å²) in [5.41, 5.74) is 1.75. The first kappa shape index (κ1) is 14.2. The van der Waals surface area contributed by atoms with Gasteiger partial charge in [0, 0.05) is 10.7 Å². The minimum atomic E-state index is -0.149. The van der Waals surface area contributed by atoms with E-state index in [9.17, 15) is 0 Å². The molecule has 0 unspecified atom stereocenters. The molecule has 1 aromatic rings. The molecule has 1 aliphatic heterocycles. The van der Waals surface area contributed by atoms with Gasteiger partial charge in [0.05, 0.1) is 18.3 Å². The van der Waals surface area contributed by atoms with Crippen LogP contribution < -0.4 is 15.0 Å². The number of halogens is 1. The molecule has 1 aliphatic rings. The lowest BCUT2D eigenvalue weighted by atomic mass is 10.0. The van der Waals surface area contributed by atoms with Crippen molar-refractivity contribution in [2.24, 2.45) is 0 Å². The van der Waals surface area contributed by atoms with Crippen molar-refractivity contribution < 1.29 is 4.74 Å². The summed E-state index contributed by atoms with van der Waals surface area (Å²) < 4.78 is 5.39. The fraction of sp³-hybridized carbons (Fsp3) is 0.357. The van der Waals surface area contributed by atoms with Crippen LogP contribution in [-0.2, 0) is 0 Å². The van der Waals surface area contributed by atoms with Gasteiger partial charge in [-0.3, -0.25) is 4.90 Å². The number of thiocarbonyl (C=S) groups is 1. The highest BCUT2D eigenvalue weighted by Gasteiger charge is 2.29. The first-order valence-electron chi connectivity index (χ1n) is 5.99. The molecule has 1 heterocycles. The second kappa shape index (κ2) is 5.02. The summed E-state index contributed by atoms with van der Waals surface area (Å²) >= 11 is 11.5. The van der Waals surface area contributed by atoms with Gasteiger partial charge in [-0.05, 0) is 57.3 Å². The van der Waals surface area contributed by atoms with Gasteiger partial charge in [0.25, 0.3) is 0 Å². The fourth-order valence-electron chi connectivity index (χ4n) is 2.25. The van der Waals surface area contributed by atoms with Crippen LogP contribution in [0.2, 0.25) is 5.02 Å². The van der Waals surface area contributed by atoms with Crippen molar-refractivity contribution in [3.63, 3.8) is 0 Å². The van der Waals surface area contributed by atoms with Crippen molar-refractivity contribution in [1.29, 1.82) is 0 Å². The van der Waals surface area contributed by atoms with E-state index in [1.165, 1.54) is 0 Å². The molecule has 0 atom stereocenters. The van der Waals surface area contributed by atoms with E-state index in [1.54, 1.807) is 13.2 Å². The number of benzene rings is 1. The lowest BCUT2D eigenvalue weighted by Gasteiger charge is -2.38. The molecule has 19 heavy (non-hydrogen) atoms. The number of hydrogen-bond donors (Lipinski definition) is 1. The first-order chi connectivity index (χ1) is 8.84. The number of allylic oxidation sites excluding steroid dienone is 1. The van der Waals surface area contributed by atoms with Crippen LogP contribution in [0.3, 0.4) is 0 Å². The Hall–Kier alpha value is -1.26. The minimum absolute atomic E-state index is 0.149. The molecule has 102 valence electrons. The number of nitrogens with one attached hydrogen (secondary N) is 1. The van der Waals surface area contributed by atoms with E-state index in [1.807, 2.05) is 24.0 Å². The summed E-state index contributed by atoms with van der Waals surface area (Å²) in [4.78, 5) is 1.94. The predicted molar refractivity (Wildman–Crippen MR) is 84.1 cm³/mol. The lowest BCUT2D eigenvalue weighted by Crippen LogP contribution is -2.53. The second-order valence-corrected chi connectivity index (χ2v) is 5.91. The molecule has 0 bridgehead atoms. The van der Waals surface area contributed by atoms with Gasteiger partial charge >= 0.3 is 0 Å². The van der Waals surface area contributed by atoms with Gasteiger partial charge in [-0.2, -0.15) is 0 Å². The molecule has 0 fully saturated rings. The Balaban J connectivity index is 2.53.